The number of rotatable bonds is 2. The van der Waals surface area contributed by atoms with Crippen LogP contribution in [0.2, 0.25) is 10.0 Å². The van der Waals surface area contributed by atoms with E-state index in [-0.39, 0.29) is 0 Å². The average molecular weight is 274 g/mol. The van der Waals surface area contributed by atoms with Gasteiger partial charge in [-0.25, -0.2) is 0 Å². The van der Waals surface area contributed by atoms with Crippen molar-refractivity contribution in [3.05, 3.63) is 33.9 Å². The van der Waals surface area contributed by atoms with Gasteiger partial charge in [0, 0.05) is 16.1 Å². The second kappa shape index (κ2) is 6.52. The number of carbonyl (C=O) groups excluding carboxylic acids is 1. The molecule has 0 spiro atoms. The van der Waals surface area contributed by atoms with Crippen LogP contribution in [0.15, 0.2) is 18.2 Å². The highest BCUT2D eigenvalue weighted by Crippen LogP contribution is 2.27. The van der Waals surface area contributed by atoms with Crippen LogP contribution in [0.1, 0.15) is 12.6 Å². The Labute approximate surface area is 110 Å². The lowest BCUT2D eigenvalue weighted by Gasteiger charge is -1.94. The molecule has 17 heavy (non-hydrogen) atoms. The summed E-state index contributed by atoms with van der Waals surface area (Å²) in [4.78, 5) is 12.3. The zero-order valence-corrected chi connectivity index (χ0v) is 11.1. The molecule has 2 rings (SSSR count). The molecule has 0 fully saturated rings. The number of benzene rings is 1. The van der Waals surface area contributed by atoms with Crippen LogP contribution in [-0.4, -0.2) is 18.1 Å². The van der Waals surface area contributed by atoms with Gasteiger partial charge < -0.3 is 9.72 Å². The lowest BCUT2D eigenvalue weighted by Crippen LogP contribution is -1.80. The molecule has 92 valence electrons. The van der Waals surface area contributed by atoms with Crippen molar-refractivity contribution in [2.75, 3.05) is 6.61 Å². The monoisotopic (exact) mass is 273 g/mol. The third-order valence-electron chi connectivity index (χ3n) is 2.01. The molecule has 0 saturated heterocycles. The lowest BCUT2D eigenvalue weighted by molar-refractivity contribution is -0.128. The van der Waals surface area contributed by atoms with Crippen molar-refractivity contribution in [2.24, 2.45) is 0 Å². The topological polar surface area (TPSA) is 42.1 Å². The summed E-state index contributed by atoms with van der Waals surface area (Å²) in [7, 11) is 0. The fraction of sp³-hybridized carbons (Fsp3) is 0.250. The Morgan fingerprint density at radius 3 is 2.59 bits per heavy atom. The van der Waals surface area contributed by atoms with Crippen molar-refractivity contribution < 1.29 is 9.53 Å². The molecule has 5 heteroatoms. The van der Waals surface area contributed by atoms with E-state index in [9.17, 15) is 4.79 Å². The quantitative estimate of drug-likeness (QED) is 0.842. The zero-order chi connectivity index (χ0) is 12.8. The number of carbonyl (C=O) groups is 1. The number of aryl methyl sites for hydroxylation is 1. The van der Waals surface area contributed by atoms with Gasteiger partial charge in [-0.3, -0.25) is 4.79 Å². The Morgan fingerprint density at radius 2 is 2.06 bits per heavy atom. The third kappa shape index (κ3) is 3.95. The van der Waals surface area contributed by atoms with E-state index in [1.54, 1.807) is 13.0 Å². The van der Waals surface area contributed by atoms with Crippen LogP contribution in [-0.2, 0) is 9.53 Å². The van der Waals surface area contributed by atoms with Gasteiger partial charge in [0.15, 0.2) is 0 Å². The van der Waals surface area contributed by atoms with Crippen LogP contribution in [0.25, 0.3) is 10.9 Å². The summed E-state index contributed by atoms with van der Waals surface area (Å²) in [6.45, 7) is 4.65. The van der Waals surface area contributed by atoms with E-state index in [1.807, 2.05) is 19.1 Å². The number of aromatic nitrogens is 1. The van der Waals surface area contributed by atoms with Crippen molar-refractivity contribution in [3.63, 3.8) is 0 Å². The lowest BCUT2D eigenvalue weighted by atomic mass is 10.2. The summed E-state index contributed by atoms with van der Waals surface area (Å²) in [6.07, 6.45) is 0. The Hall–Kier alpha value is -1.19. The standard InChI is InChI=1S/C9H7Cl2N.C3H6O2/c1-5-2-6-3-7(10)4-8(11)9(6)12-5;1-2-5-3-4/h2-4,12H,1H3;3H,2H2,1H3. The molecule has 0 amide bonds. The van der Waals surface area contributed by atoms with Gasteiger partial charge in [-0.05, 0) is 32.0 Å². The maximum Gasteiger partial charge on any atom is 0.293 e. The number of H-pyrrole nitrogens is 1. The van der Waals surface area contributed by atoms with Gasteiger partial charge in [0.05, 0.1) is 17.1 Å². The van der Waals surface area contributed by atoms with Crippen LogP contribution >= 0.6 is 23.2 Å². The summed E-state index contributed by atoms with van der Waals surface area (Å²) < 4.78 is 4.15. The van der Waals surface area contributed by atoms with E-state index in [1.165, 1.54) is 0 Å². The predicted octanol–water partition coefficient (Wildman–Crippen LogP) is 3.96. The van der Waals surface area contributed by atoms with Crippen LogP contribution < -0.4 is 0 Å². The molecular weight excluding hydrogens is 261 g/mol. The zero-order valence-electron chi connectivity index (χ0n) is 9.59. The minimum absolute atomic E-state index is 0.431. The molecule has 0 atom stereocenters. The van der Waals surface area contributed by atoms with Gasteiger partial charge in [-0.15, -0.1) is 0 Å². The van der Waals surface area contributed by atoms with E-state index in [2.05, 4.69) is 9.72 Å². The number of aromatic amines is 1. The van der Waals surface area contributed by atoms with Crippen LogP contribution in [0.5, 0.6) is 0 Å². The van der Waals surface area contributed by atoms with Crippen molar-refractivity contribution in [2.45, 2.75) is 13.8 Å². The molecule has 0 aliphatic rings. The fourth-order valence-corrected chi connectivity index (χ4v) is 1.93. The first kappa shape index (κ1) is 13.9. The smallest absolute Gasteiger partial charge is 0.293 e. The first-order chi connectivity index (χ1) is 8.08. The van der Waals surface area contributed by atoms with Crippen LogP contribution in [0, 0.1) is 6.92 Å². The number of hydrogen-bond donors (Lipinski definition) is 1. The Balaban J connectivity index is 0.000000249. The molecule has 0 aliphatic heterocycles. The van der Waals surface area contributed by atoms with Gasteiger partial charge >= 0.3 is 0 Å². The molecule has 0 radical (unpaired) electrons. The number of halogens is 2. The second-order valence-corrected chi connectivity index (χ2v) is 4.20. The molecule has 2 aromatic rings. The van der Waals surface area contributed by atoms with Crippen molar-refractivity contribution >= 4 is 40.6 Å². The van der Waals surface area contributed by atoms with Gasteiger partial charge in [0.2, 0.25) is 0 Å². The first-order valence-corrected chi connectivity index (χ1v) is 5.83. The minimum atomic E-state index is 0.431. The molecule has 1 heterocycles. The predicted molar refractivity (Wildman–Crippen MR) is 70.7 cm³/mol. The minimum Gasteiger partial charge on any atom is -0.468 e. The number of hydrogen-bond acceptors (Lipinski definition) is 2. The SMILES string of the molecule is CCOC=O.Cc1cc2cc(Cl)cc(Cl)c2[nH]1. The molecule has 0 saturated carbocycles. The van der Waals surface area contributed by atoms with Crippen LogP contribution in [0.3, 0.4) is 0 Å². The molecule has 0 bridgehead atoms. The Bertz CT molecular complexity index is 508. The molecular formula is C12H13Cl2NO2. The maximum absolute atomic E-state index is 9.18. The number of nitrogens with one attached hydrogen (secondary N) is 1. The van der Waals surface area contributed by atoms with Gasteiger partial charge in [-0.2, -0.15) is 0 Å². The fourth-order valence-electron chi connectivity index (χ4n) is 1.37. The molecule has 1 N–H and O–H groups in total. The number of ether oxygens (including phenoxy) is 1. The highest BCUT2D eigenvalue weighted by molar-refractivity contribution is 6.38. The van der Waals surface area contributed by atoms with Gasteiger partial charge in [-0.1, -0.05) is 23.2 Å². The summed E-state index contributed by atoms with van der Waals surface area (Å²) in [5.41, 5.74) is 2.05. The summed E-state index contributed by atoms with van der Waals surface area (Å²) >= 11 is 11.8. The third-order valence-corrected chi connectivity index (χ3v) is 2.53. The highest BCUT2D eigenvalue weighted by Gasteiger charge is 2.02. The van der Waals surface area contributed by atoms with E-state index >= 15 is 0 Å². The normalized spacial score (nSPS) is 9.65. The van der Waals surface area contributed by atoms with Crippen LogP contribution in [0.4, 0.5) is 0 Å². The Morgan fingerprint density at radius 1 is 1.35 bits per heavy atom. The first-order valence-electron chi connectivity index (χ1n) is 5.08. The van der Waals surface area contributed by atoms with Crippen molar-refractivity contribution in [3.8, 4) is 0 Å². The molecule has 1 aromatic heterocycles. The largest absolute Gasteiger partial charge is 0.468 e. The van der Waals surface area contributed by atoms with E-state index in [0.717, 1.165) is 16.6 Å². The van der Waals surface area contributed by atoms with Crippen molar-refractivity contribution in [1.82, 2.24) is 4.98 Å². The van der Waals surface area contributed by atoms with Gasteiger partial charge in [0.1, 0.15) is 0 Å². The molecule has 1 aromatic carbocycles. The molecule has 3 nitrogen and oxygen atoms in total. The average Bonchev–Trinajstić information content (AvgIpc) is 2.61. The highest BCUT2D eigenvalue weighted by atomic mass is 35.5. The van der Waals surface area contributed by atoms with Crippen molar-refractivity contribution in [1.29, 1.82) is 0 Å². The van der Waals surface area contributed by atoms with Gasteiger partial charge in [0.25, 0.3) is 6.47 Å². The van der Waals surface area contributed by atoms with E-state index < -0.39 is 0 Å². The summed E-state index contributed by atoms with van der Waals surface area (Å²) in [6, 6.07) is 5.65. The maximum atomic E-state index is 9.18. The summed E-state index contributed by atoms with van der Waals surface area (Å²) in [5, 5.41) is 2.40. The van der Waals surface area contributed by atoms with E-state index in [4.69, 9.17) is 23.2 Å². The molecule has 0 aliphatic carbocycles. The second-order valence-electron chi connectivity index (χ2n) is 3.36. The number of fused-ring (bicyclic) bond motifs is 1. The summed E-state index contributed by atoms with van der Waals surface area (Å²) in [5.74, 6) is 0. The van der Waals surface area contributed by atoms with E-state index in [0.29, 0.717) is 23.1 Å². The Kier molecular flexibility index (Phi) is 5.32. The molecule has 0 unspecified atom stereocenters.